The first kappa shape index (κ1) is 20.6. The van der Waals surface area contributed by atoms with Crippen LogP contribution >= 0.6 is 0 Å². The van der Waals surface area contributed by atoms with Gasteiger partial charge in [0.15, 0.2) is 0 Å². The minimum Gasteiger partial charge on any atom is -0.507 e. The average molecular weight is 388 g/mol. The van der Waals surface area contributed by atoms with Crippen LogP contribution in [0.5, 0.6) is 11.5 Å². The number of hydrogen-bond acceptors (Lipinski definition) is 6. The van der Waals surface area contributed by atoms with Crippen LogP contribution in [0.15, 0.2) is 24.3 Å². The second kappa shape index (κ2) is 8.49. The molecule has 1 saturated carbocycles. The van der Waals surface area contributed by atoms with Crippen LogP contribution in [0.4, 0.5) is 0 Å². The molecule has 0 saturated heterocycles. The third-order valence-corrected chi connectivity index (χ3v) is 6.03. The molecule has 28 heavy (non-hydrogen) atoms. The lowest BCUT2D eigenvalue weighted by Gasteiger charge is -2.40. The van der Waals surface area contributed by atoms with Crippen molar-refractivity contribution in [1.29, 1.82) is 0 Å². The van der Waals surface area contributed by atoms with Gasteiger partial charge in [0, 0.05) is 27.7 Å². The van der Waals surface area contributed by atoms with Gasteiger partial charge in [-0.1, -0.05) is 19.3 Å². The molecule has 0 bridgehead atoms. The van der Waals surface area contributed by atoms with Crippen molar-refractivity contribution < 1.29 is 30.6 Å². The largest absolute Gasteiger partial charge is 0.507 e. The third-order valence-electron chi connectivity index (χ3n) is 6.03. The first-order valence-electron chi connectivity index (χ1n) is 9.64. The monoisotopic (exact) mass is 388 g/mol. The fourth-order valence-electron chi connectivity index (χ4n) is 4.45. The predicted octanol–water partition coefficient (Wildman–Crippen LogP) is 2.32. The summed E-state index contributed by atoms with van der Waals surface area (Å²) < 4.78 is 0. The van der Waals surface area contributed by atoms with Crippen molar-refractivity contribution in [2.24, 2.45) is 0 Å². The topological polar surface area (TPSA) is 121 Å². The summed E-state index contributed by atoms with van der Waals surface area (Å²) in [6, 6.07) is 7.07. The Hall–Kier alpha value is -2.12. The normalized spacial score (nSPS) is 16.3. The van der Waals surface area contributed by atoms with E-state index in [1.165, 1.54) is 0 Å². The van der Waals surface area contributed by atoms with Crippen LogP contribution in [0.1, 0.15) is 65.5 Å². The van der Waals surface area contributed by atoms with Crippen LogP contribution in [0.3, 0.4) is 0 Å². The highest BCUT2D eigenvalue weighted by Crippen LogP contribution is 2.47. The van der Waals surface area contributed by atoms with Crippen LogP contribution in [0.2, 0.25) is 0 Å². The molecule has 0 heterocycles. The van der Waals surface area contributed by atoms with Gasteiger partial charge in [-0.3, -0.25) is 0 Å². The smallest absolute Gasteiger partial charge is 0.126 e. The molecule has 1 fully saturated rings. The molecular weight excluding hydrogens is 360 g/mol. The fraction of sp³-hybridized carbons (Fsp3) is 0.455. The highest BCUT2D eigenvalue weighted by atomic mass is 16.3. The van der Waals surface area contributed by atoms with Crippen LogP contribution in [-0.2, 0) is 31.8 Å². The molecule has 3 rings (SSSR count). The van der Waals surface area contributed by atoms with E-state index in [-0.39, 0.29) is 37.9 Å². The van der Waals surface area contributed by atoms with Gasteiger partial charge in [0.1, 0.15) is 11.5 Å². The van der Waals surface area contributed by atoms with E-state index in [2.05, 4.69) is 0 Å². The number of aliphatic hydroxyl groups is 4. The SMILES string of the molecule is OCc1cc(C2(c3cc(CO)c(O)c(CO)c3)CCCCC2)cc(CO)c1O. The maximum absolute atomic E-state index is 10.2. The number of aromatic hydroxyl groups is 2. The molecule has 0 spiro atoms. The Labute approximate surface area is 164 Å². The van der Waals surface area contributed by atoms with E-state index < -0.39 is 5.41 Å². The van der Waals surface area contributed by atoms with Crippen molar-refractivity contribution in [1.82, 2.24) is 0 Å². The summed E-state index contributed by atoms with van der Waals surface area (Å²) in [4.78, 5) is 0. The zero-order valence-corrected chi connectivity index (χ0v) is 15.9. The lowest BCUT2D eigenvalue weighted by atomic mass is 9.64. The second-order valence-corrected chi connectivity index (χ2v) is 7.56. The molecule has 0 unspecified atom stereocenters. The van der Waals surface area contributed by atoms with Crippen molar-refractivity contribution in [3.63, 3.8) is 0 Å². The highest BCUT2D eigenvalue weighted by molar-refractivity contribution is 5.53. The van der Waals surface area contributed by atoms with Gasteiger partial charge < -0.3 is 30.6 Å². The Morgan fingerprint density at radius 2 is 0.893 bits per heavy atom. The summed E-state index contributed by atoms with van der Waals surface area (Å²) in [6.45, 7) is -1.38. The van der Waals surface area contributed by atoms with Crippen LogP contribution < -0.4 is 0 Å². The van der Waals surface area contributed by atoms with Crippen LogP contribution in [0, 0.1) is 0 Å². The number of aliphatic hydroxyl groups excluding tert-OH is 4. The molecule has 1 aliphatic rings. The Morgan fingerprint density at radius 3 is 1.18 bits per heavy atom. The molecule has 1 aliphatic carbocycles. The maximum atomic E-state index is 10.2. The molecule has 0 atom stereocenters. The first-order chi connectivity index (χ1) is 13.5. The zero-order valence-electron chi connectivity index (χ0n) is 15.9. The lowest BCUT2D eigenvalue weighted by Crippen LogP contribution is -2.31. The summed E-state index contributed by atoms with van der Waals surface area (Å²) in [7, 11) is 0. The van der Waals surface area contributed by atoms with Crippen molar-refractivity contribution in [3.8, 4) is 11.5 Å². The maximum Gasteiger partial charge on any atom is 0.126 e. The molecule has 6 heteroatoms. The third kappa shape index (κ3) is 3.49. The fourth-order valence-corrected chi connectivity index (χ4v) is 4.45. The van der Waals surface area contributed by atoms with Crippen molar-refractivity contribution in [2.45, 2.75) is 63.9 Å². The molecule has 6 N–H and O–H groups in total. The van der Waals surface area contributed by atoms with Gasteiger partial charge in [0.05, 0.1) is 26.4 Å². The number of phenols is 2. The molecule has 0 aromatic heterocycles. The van der Waals surface area contributed by atoms with E-state index in [9.17, 15) is 30.6 Å². The van der Waals surface area contributed by atoms with E-state index in [0.29, 0.717) is 22.3 Å². The zero-order chi connectivity index (χ0) is 20.3. The summed E-state index contributed by atoms with van der Waals surface area (Å²) in [5.74, 6) is -0.199. The Morgan fingerprint density at radius 1 is 0.571 bits per heavy atom. The molecular formula is C22H28O6. The van der Waals surface area contributed by atoms with Crippen LogP contribution in [-0.4, -0.2) is 30.6 Å². The molecule has 0 aliphatic heterocycles. The molecule has 2 aromatic rings. The summed E-state index contributed by atoms with van der Waals surface area (Å²) >= 11 is 0. The van der Waals surface area contributed by atoms with Crippen molar-refractivity contribution in [3.05, 3.63) is 57.6 Å². The summed E-state index contributed by atoms with van der Waals surface area (Å²) in [5, 5.41) is 59.2. The van der Waals surface area contributed by atoms with E-state index in [0.717, 1.165) is 43.2 Å². The minimum absolute atomic E-state index is 0.0995. The molecule has 0 radical (unpaired) electrons. The highest BCUT2D eigenvalue weighted by Gasteiger charge is 2.37. The number of hydrogen-bond donors (Lipinski definition) is 6. The molecule has 0 amide bonds. The Bertz CT molecular complexity index is 725. The molecule has 2 aromatic carbocycles. The standard InChI is InChI=1S/C22H28O6/c23-10-14-6-18(7-15(11-24)20(14)27)22(4-2-1-3-5-22)19-8-16(12-25)21(28)17(9-19)13-26/h6-9,23-28H,1-5,10-13H2. The van der Waals surface area contributed by atoms with Crippen LogP contribution in [0.25, 0.3) is 0 Å². The second-order valence-electron chi connectivity index (χ2n) is 7.56. The van der Waals surface area contributed by atoms with Gasteiger partial charge in [-0.2, -0.15) is 0 Å². The average Bonchev–Trinajstić information content (AvgIpc) is 2.74. The van der Waals surface area contributed by atoms with Gasteiger partial charge >= 0.3 is 0 Å². The van der Waals surface area contributed by atoms with E-state index in [1.807, 2.05) is 0 Å². The summed E-state index contributed by atoms with van der Waals surface area (Å²) in [5.41, 5.74) is 2.71. The Kier molecular flexibility index (Phi) is 6.25. The molecule has 152 valence electrons. The van der Waals surface area contributed by atoms with Gasteiger partial charge in [0.25, 0.3) is 0 Å². The minimum atomic E-state index is -0.457. The first-order valence-corrected chi connectivity index (χ1v) is 9.64. The van der Waals surface area contributed by atoms with Gasteiger partial charge in [-0.05, 0) is 48.2 Å². The summed E-state index contributed by atoms with van der Waals surface area (Å²) in [6.07, 6.45) is 4.68. The molecule has 6 nitrogen and oxygen atoms in total. The van der Waals surface area contributed by atoms with Crippen molar-refractivity contribution in [2.75, 3.05) is 0 Å². The number of benzene rings is 2. The lowest BCUT2D eigenvalue weighted by molar-refractivity contribution is 0.261. The van der Waals surface area contributed by atoms with Gasteiger partial charge in [-0.15, -0.1) is 0 Å². The van der Waals surface area contributed by atoms with Crippen molar-refractivity contribution >= 4 is 0 Å². The van der Waals surface area contributed by atoms with E-state index in [4.69, 9.17) is 0 Å². The number of rotatable bonds is 6. The quantitative estimate of drug-likeness (QED) is 0.452. The predicted molar refractivity (Wildman–Crippen MR) is 104 cm³/mol. The van der Waals surface area contributed by atoms with E-state index >= 15 is 0 Å². The van der Waals surface area contributed by atoms with Gasteiger partial charge in [-0.25, -0.2) is 0 Å². The Balaban J connectivity index is 2.26. The van der Waals surface area contributed by atoms with E-state index in [1.54, 1.807) is 24.3 Å². The van der Waals surface area contributed by atoms with Gasteiger partial charge in [0.2, 0.25) is 0 Å².